The maximum atomic E-state index is 12.9. The van der Waals surface area contributed by atoms with Gasteiger partial charge in [-0.25, -0.2) is 5.01 Å². The molecule has 7 nitrogen and oxygen atoms in total. The number of ketones is 1. The highest BCUT2D eigenvalue weighted by atomic mass is 35.5. The highest BCUT2D eigenvalue weighted by Gasteiger charge is 2.40. The van der Waals surface area contributed by atoms with Crippen LogP contribution in [0.4, 0.5) is 17.1 Å². The maximum absolute atomic E-state index is 12.9. The molecule has 1 fully saturated rings. The van der Waals surface area contributed by atoms with E-state index in [1.54, 1.807) is 7.11 Å². The molecular formula is C27H27ClN4O3. The number of morpholine rings is 1. The Bertz CT molecular complexity index is 1240. The molecule has 0 amide bonds. The lowest BCUT2D eigenvalue weighted by Gasteiger charge is -2.34. The second kappa shape index (κ2) is 9.98. The number of hydrogen-bond acceptors (Lipinski definition) is 7. The van der Waals surface area contributed by atoms with Crippen molar-refractivity contribution in [1.29, 1.82) is 0 Å². The van der Waals surface area contributed by atoms with Gasteiger partial charge in [-0.1, -0.05) is 48.0 Å². The SMILES string of the molecule is COc1ccccc1[C@H]1N(c2ccccc2)N=C(C(C)=O)N1c1ccc(N2CCOCC2)c(Cl)c1. The van der Waals surface area contributed by atoms with E-state index < -0.39 is 6.17 Å². The van der Waals surface area contributed by atoms with Crippen molar-refractivity contribution in [3.63, 3.8) is 0 Å². The summed E-state index contributed by atoms with van der Waals surface area (Å²) in [5, 5.41) is 7.27. The predicted octanol–water partition coefficient (Wildman–Crippen LogP) is 5.11. The Morgan fingerprint density at radius 2 is 1.71 bits per heavy atom. The molecule has 0 spiro atoms. The Labute approximate surface area is 210 Å². The third-order valence-corrected chi connectivity index (χ3v) is 6.52. The van der Waals surface area contributed by atoms with Crippen molar-refractivity contribution < 1.29 is 14.3 Å². The molecule has 3 aromatic carbocycles. The van der Waals surface area contributed by atoms with Gasteiger partial charge in [0.05, 0.1) is 36.7 Å². The van der Waals surface area contributed by atoms with E-state index in [1.807, 2.05) is 82.7 Å². The van der Waals surface area contributed by atoms with Crippen LogP contribution in [-0.4, -0.2) is 45.0 Å². The smallest absolute Gasteiger partial charge is 0.198 e. The van der Waals surface area contributed by atoms with Crippen LogP contribution in [0.15, 0.2) is 77.9 Å². The van der Waals surface area contributed by atoms with Crippen molar-refractivity contribution in [3.05, 3.63) is 83.4 Å². The van der Waals surface area contributed by atoms with E-state index >= 15 is 0 Å². The van der Waals surface area contributed by atoms with E-state index in [0.29, 0.717) is 29.8 Å². The van der Waals surface area contributed by atoms with Crippen LogP contribution in [0.25, 0.3) is 0 Å². The zero-order chi connectivity index (χ0) is 24.4. The van der Waals surface area contributed by atoms with Crippen molar-refractivity contribution in [2.75, 3.05) is 48.2 Å². The van der Waals surface area contributed by atoms with E-state index in [0.717, 1.165) is 35.7 Å². The molecule has 8 heteroatoms. The number of nitrogens with zero attached hydrogens (tertiary/aromatic N) is 4. The quantitative estimate of drug-likeness (QED) is 0.478. The van der Waals surface area contributed by atoms with Gasteiger partial charge in [-0.15, -0.1) is 5.10 Å². The molecule has 2 heterocycles. The molecule has 0 aromatic heterocycles. The van der Waals surface area contributed by atoms with Crippen molar-refractivity contribution in [2.24, 2.45) is 5.10 Å². The van der Waals surface area contributed by atoms with Crippen molar-refractivity contribution >= 4 is 40.3 Å². The number of hydrogen-bond donors (Lipinski definition) is 0. The van der Waals surface area contributed by atoms with Crippen LogP contribution in [0.5, 0.6) is 5.75 Å². The molecular weight excluding hydrogens is 464 g/mol. The fourth-order valence-corrected chi connectivity index (χ4v) is 4.86. The number of carbonyl (C=O) groups excluding carboxylic acids is 1. The number of para-hydroxylation sites is 2. The minimum Gasteiger partial charge on any atom is -0.496 e. The number of methoxy groups -OCH3 is 1. The molecule has 0 N–H and O–H groups in total. The van der Waals surface area contributed by atoms with Gasteiger partial charge in [-0.05, 0) is 36.4 Å². The number of halogens is 1. The largest absolute Gasteiger partial charge is 0.496 e. The summed E-state index contributed by atoms with van der Waals surface area (Å²) in [5.41, 5.74) is 3.47. The van der Waals surface area contributed by atoms with Crippen molar-refractivity contribution in [1.82, 2.24) is 0 Å². The number of benzene rings is 3. The van der Waals surface area contributed by atoms with Crippen LogP contribution in [0.1, 0.15) is 18.7 Å². The van der Waals surface area contributed by atoms with Gasteiger partial charge in [0.15, 0.2) is 17.8 Å². The molecule has 1 atom stereocenters. The Balaban J connectivity index is 1.63. The zero-order valence-electron chi connectivity index (χ0n) is 19.7. The number of rotatable bonds is 6. The first-order valence-corrected chi connectivity index (χ1v) is 11.9. The second-order valence-electron chi connectivity index (χ2n) is 8.38. The third-order valence-electron chi connectivity index (χ3n) is 6.22. The van der Waals surface area contributed by atoms with E-state index in [-0.39, 0.29) is 5.78 Å². The second-order valence-corrected chi connectivity index (χ2v) is 8.79. The van der Waals surface area contributed by atoms with Crippen LogP contribution < -0.4 is 19.5 Å². The number of ether oxygens (including phenoxy) is 2. The average Bonchev–Trinajstić information content (AvgIpc) is 3.30. The minimum absolute atomic E-state index is 0.142. The molecule has 1 saturated heterocycles. The van der Waals surface area contributed by atoms with Gasteiger partial charge in [-0.3, -0.25) is 9.69 Å². The molecule has 2 aliphatic rings. The molecule has 3 aromatic rings. The van der Waals surface area contributed by atoms with Crippen LogP contribution in [0, 0.1) is 0 Å². The molecule has 0 bridgehead atoms. The summed E-state index contributed by atoms with van der Waals surface area (Å²) in [6.45, 7) is 4.45. The number of Topliss-reactive ketones (excluding diaryl/α,β-unsaturated/α-hetero) is 1. The highest BCUT2D eigenvalue weighted by Crippen LogP contribution is 2.43. The molecule has 0 aliphatic carbocycles. The minimum atomic E-state index is -0.447. The summed E-state index contributed by atoms with van der Waals surface area (Å²) in [6.07, 6.45) is -0.447. The lowest BCUT2D eigenvalue weighted by atomic mass is 10.1. The zero-order valence-corrected chi connectivity index (χ0v) is 20.5. The van der Waals surface area contributed by atoms with Gasteiger partial charge in [0.1, 0.15) is 5.75 Å². The van der Waals surface area contributed by atoms with E-state index in [2.05, 4.69) is 4.90 Å². The average molecular weight is 491 g/mol. The topological polar surface area (TPSA) is 57.6 Å². The molecule has 0 radical (unpaired) electrons. The first-order valence-electron chi connectivity index (χ1n) is 11.6. The molecule has 0 saturated carbocycles. The van der Waals surface area contributed by atoms with Gasteiger partial charge in [0.25, 0.3) is 0 Å². The molecule has 180 valence electrons. The summed E-state index contributed by atoms with van der Waals surface area (Å²) in [4.78, 5) is 17.0. The van der Waals surface area contributed by atoms with Crippen LogP contribution in [0.2, 0.25) is 5.02 Å². The number of carbonyl (C=O) groups is 1. The third kappa shape index (κ3) is 4.45. The summed E-state index contributed by atoms with van der Waals surface area (Å²) in [6, 6.07) is 23.5. The summed E-state index contributed by atoms with van der Waals surface area (Å²) in [7, 11) is 1.64. The maximum Gasteiger partial charge on any atom is 0.198 e. The highest BCUT2D eigenvalue weighted by molar-refractivity contribution is 6.44. The van der Waals surface area contributed by atoms with E-state index in [1.165, 1.54) is 6.92 Å². The van der Waals surface area contributed by atoms with Gasteiger partial charge < -0.3 is 14.4 Å². The van der Waals surface area contributed by atoms with Crippen LogP contribution in [0.3, 0.4) is 0 Å². The number of hydrazone groups is 1. The fraction of sp³-hybridized carbons (Fsp3) is 0.259. The predicted molar refractivity (Wildman–Crippen MR) is 140 cm³/mol. The first-order chi connectivity index (χ1) is 17.1. The van der Waals surface area contributed by atoms with Crippen LogP contribution >= 0.6 is 11.6 Å². The van der Waals surface area contributed by atoms with Crippen molar-refractivity contribution in [3.8, 4) is 5.75 Å². The van der Waals surface area contributed by atoms with E-state index in [4.69, 9.17) is 26.2 Å². The molecule has 2 aliphatic heterocycles. The summed E-state index contributed by atoms with van der Waals surface area (Å²) >= 11 is 6.80. The van der Waals surface area contributed by atoms with Crippen molar-refractivity contribution in [2.45, 2.75) is 13.1 Å². The monoisotopic (exact) mass is 490 g/mol. The Morgan fingerprint density at radius 3 is 2.40 bits per heavy atom. The number of anilines is 3. The molecule has 5 rings (SSSR count). The lowest BCUT2D eigenvalue weighted by Crippen LogP contribution is -2.38. The van der Waals surface area contributed by atoms with Gasteiger partial charge in [-0.2, -0.15) is 0 Å². The van der Waals surface area contributed by atoms with Gasteiger partial charge in [0, 0.05) is 31.3 Å². The lowest BCUT2D eigenvalue weighted by molar-refractivity contribution is -0.111. The standard InChI is InChI=1S/C27H27ClN4O3/c1-19(33)26-29-32(20-8-4-3-5-9-20)27(22-10-6-7-11-25(22)34-2)31(26)21-12-13-24(23(28)18-21)30-14-16-35-17-15-30/h3-13,18,27H,14-17H2,1-2H3/t27-/m1/s1. The Hall–Kier alpha value is -3.55. The summed E-state index contributed by atoms with van der Waals surface area (Å²) < 4.78 is 11.2. The molecule has 0 unspecified atom stereocenters. The Kier molecular flexibility index (Phi) is 6.61. The van der Waals surface area contributed by atoms with Crippen LogP contribution in [-0.2, 0) is 9.53 Å². The van der Waals surface area contributed by atoms with Gasteiger partial charge in [0.2, 0.25) is 0 Å². The van der Waals surface area contributed by atoms with E-state index in [9.17, 15) is 4.79 Å². The summed E-state index contributed by atoms with van der Waals surface area (Å²) in [5.74, 6) is 0.899. The normalized spacial score (nSPS) is 18.0. The fourth-order valence-electron chi connectivity index (χ4n) is 4.57. The Morgan fingerprint density at radius 1 is 1.00 bits per heavy atom. The molecule has 35 heavy (non-hydrogen) atoms. The van der Waals surface area contributed by atoms with Gasteiger partial charge >= 0.3 is 0 Å². The first kappa shape index (κ1) is 23.2. The number of amidine groups is 1.